The molecule has 3 aliphatic rings. The molecule has 2 saturated heterocycles. The van der Waals surface area contributed by atoms with E-state index >= 15 is 0 Å². The van der Waals surface area contributed by atoms with Crippen molar-refractivity contribution in [2.24, 2.45) is 5.92 Å². The van der Waals surface area contributed by atoms with Crippen molar-refractivity contribution in [1.82, 2.24) is 15.3 Å². The zero-order chi connectivity index (χ0) is 21.0. The number of nitrogens with zero attached hydrogens (tertiary/aromatic N) is 3. The van der Waals surface area contributed by atoms with Crippen LogP contribution in [0.3, 0.4) is 0 Å². The molecular formula is C24H30N4O3. The Bertz CT molecular complexity index is 907. The fourth-order valence-electron chi connectivity index (χ4n) is 4.76. The summed E-state index contributed by atoms with van der Waals surface area (Å²) in [7, 11) is 0. The highest BCUT2D eigenvalue weighted by Gasteiger charge is 2.29. The van der Waals surface area contributed by atoms with E-state index in [9.17, 15) is 4.79 Å². The summed E-state index contributed by atoms with van der Waals surface area (Å²) in [6.07, 6.45) is 4.86. The predicted octanol–water partition coefficient (Wildman–Crippen LogP) is 2.38. The van der Waals surface area contributed by atoms with Crippen molar-refractivity contribution in [3.05, 3.63) is 41.6 Å². The summed E-state index contributed by atoms with van der Waals surface area (Å²) >= 11 is 0. The van der Waals surface area contributed by atoms with E-state index in [4.69, 9.17) is 19.4 Å². The zero-order valence-corrected chi connectivity index (χ0v) is 17.9. The lowest BCUT2D eigenvalue weighted by Crippen LogP contribution is -2.45. The van der Waals surface area contributed by atoms with Crippen molar-refractivity contribution in [2.75, 3.05) is 44.4 Å². The van der Waals surface area contributed by atoms with Crippen LogP contribution in [0.1, 0.15) is 30.5 Å². The van der Waals surface area contributed by atoms with E-state index in [-0.39, 0.29) is 17.9 Å². The Hall–Kier alpha value is -2.51. The minimum atomic E-state index is -0.0298. The minimum absolute atomic E-state index is 0.0298. The van der Waals surface area contributed by atoms with E-state index in [2.05, 4.69) is 22.3 Å². The van der Waals surface area contributed by atoms with Gasteiger partial charge in [-0.1, -0.05) is 30.3 Å². The number of fused-ring (bicyclic) bond motifs is 1. The van der Waals surface area contributed by atoms with Gasteiger partial charge in [0.05, 0.1) is 25.9 Å². The van der Waals surface area contributed by atoms with Gasteiger partial charge in [0.1, 0.15) is 5.82 Å². The van der Waals surface area contributed by atoms with E-state index in [0.717, 1.165) is 62.4 Å². The number of anilines is 1. The van der Waals surface area contributed by atoms with Gasteiger partial charge in [0, 0.05) is 42.4 Å². The number of aromatic nitrogens is 2. The third kappa shape index (κ3) is 4.57. The highest BCUT2D eigenvalue weighted by atomic mass is 16.6. The Morgan fingerprint density at radius 2 is 1.94 bits per heavy atom. The molecule has 31 heavy (non-hydrogen) atoms. The van der Waals surface area contributed by atoms with Gasteiger partial charge in [-0.2, -0.15) is 0 Å². The molecule has 7 heteroatoms. The van der Waals surface area contributed by atoms with Gasteiger partial charge in [-0.3, -0.25) is 4.79 Å². The molecule has 1 aliphatic carbocycles. The SMILES string of the molecule is O=C(NCC1COCCO1)C1CCN(c2nc(-c3ccccc3)nc3c2CCC3)CC1. The minimum Gasteiger partial charge on any atom is -0.376 e. The number of ether oxygens (including phenoxy) is 2. The van der Waals surface area contributed by atoms with E-state index in [1.54, 1.807) is 0 Å². The zero-order valence-electron chi connectivity index (χ0n) is 17.9. The maximum Gasteiger partial charge on any atom is 0.223 e. The highest BCUT2D eigenvalue weighted by molar-refractivity contribution is 5.79. The highest BCUT2D eigenvalue weighted by Crippen LogP contribution is 2.33. The average Bonchev–Trinajstić information content (AvgIpc) is 3.32. The Balaban J connectivity index is 1.24. The number of rotatable bonds is 5. The van der Waals surface area contributed by atoms with Crippen molar-refractivity contribution < 1.29 is 14.3 Å². The largest absolute Gasteiger partial charge is 0.376 e. The average molecular weight is 423 g/mol. The Kier molecular flexibility index (Phi) is 6.13. The van der Waals surface area contributed by atoms with Crippen LogP contribution in [0.15, 0.2) is 30.3 Å². The number of aryl methyl sites for hydroxylation is 1. The van der Waals surface area contributed by atoms with Gasteiger partial charge in [0.2, 0.25) is 5.91 Å². The van der Waals surface area contributed by atoms with Gasteiger partial charge in [0.25, 0.3) is 0 Å². The Labute approximate surface area is 183 Å². The molecule has 1 aromatic heterocycles. The molecule has 2 fully saturated rings. The molecule has 1 aromatic carbocycles. The summed E-state index contributed by atoms with van der Waals surface area (Å²) in [4.78, 5) is 24.9. The van der Waals surface area contributed by atoms with Crippen LogP contribution >= 0.6 is 0 Å². The lowest BCUT2D eigenvalue weighted by molar-refractivity contribution is -0.128. The molecule has 164 valence electrons. The van der Waals surface area contributed by atoms with Gasteiger partial charge < -0.3 is 19.7 Å². The summed E-state index contributed by atoms with van der Waals surface area (Å²) in [5.41, 5.74) is 3.55. The molecular weight excluding hydrogens is 392 g/mol. The fraction of sp³-hybridized carbons (Fsp3) is 0.542. The molecule has 5 rings (SSSR count). The molecule has 1 unspecified atom stereocenters. The molecule has 1 amide bonds. The predicted molar refractivity (Wildman–Crippen MR) is 118 cm³/mol. The number of carbonyl (C=O) groups excluding carboxylic acids is 1. The van der Waals surface area contributed by atoms with Gasteiger partial charge >= 0.3 is 0 Å². The van der Waals surface area contributed by atoms with E-state index in [0.29, 0.717) is 26.4 Å². The van der Waals surface area contributed by atoms with Crippen molar-refractivity contribution in [3.63, 3.8) is 0 Å². The van der Waals surface area contributed by atoms with Crippen molar-refractivity contribution in [1.29, 1.82) is 0 Å². The Morgan fingerprint density at radius 1 is 1.10 bits per heavy atom. The van der Waals surface area contributed by atoms with E-state index in [1.165, 1.54) is 11.3 Å². The van der Waals surface area contributed by atoms with Crippen molar-refractivity contribution in [2.45, 2.75) is 38.2 Å². The van der Waals surface area contributed by atoms with Crippen LogP contribution in [-0.4, -0.2) is 61.4 Å². The molecule has 3 heterocycles. The Morgan fingerprint density at radius 3 is 2.71 bits per heavy atom. The van der Waals surface area contributed by atoms with E-state index < -0.39 is 0 Å². The maximum absolute atomic E-state index is 12.7. The van der Waals surface area contributed by atoms with Gasteiger partial charge in [0.15, 0.2) is 5.82 Å². The van der Waals surface area contributed by atoms with E-state index in [1.807, 2.05) is 18.2 Å². The van der Waals surface area contributed by atoms with Crippen LogP contribution in [0.5, 0.6) is 0 Å². The third-order valence-corrected chi connectivity index (χ3v) is 6.50. The second-order valence-electron chi connectivity index (χ2n) is 8.59. The second-order valence-corrected chi connectivity index (χ2v) is 8.59. The number of nitrogens with one attached hydrogen (secondary N) is 1. The molecule has 2 aliphatic heterocycles. The summed E-state index contributed by atoms with van der Waals surface area (Å²) in [6.45, 7) is 4.02. The van der Waals surface area contributed by atoms with Crippen molar-refractivity contribution in [3.8, 4) is 11.4 Å². The number of hydrogen-bond donors (Lipinski definition) is 1. The number of hydrogen-bond acceptors (Lipinski definition) is 6. The van der Waals surface area contributed by atoms with Crippen LogP contribution < -0.4 is 10.2 Å². The quantitative estimate of drug-likeness (QED) is 0.797. The molecule has 0 spiro atoms. The maximum atomic E-state index is 12.7. The standard InChI is InChI=1S/C24H30N4O3/c29-24(25-15-19-16-30-13-14-31-19)18-9-11-28(12-10-18)23-20-7-4-8-21(20)26-22(27-23)17-5-2-1-3-6-17/h1-3,5-6,18-19H,4,7-16H2,(H,25,29). The van der Waals surface area contributed by atoms with Crippen LogP contribution in [0.2, 0.25) is 0 Å². The monoisotopic (exact) mass is 422 g/mol. The van der Waals surface area contributed by atoms with Gasteiger partial charge in [-0.25, -0.2) is 9.97 Å². The molecule has 1 atom stereocenters. The van der Waals surface area contributed by atoms with Crippen molar-refractivity contribution >= 4 is 11.7 Å². The normalized spacial score (nSPS) is 21.7. The lowest BCUT2D eigenvalue weighted by atomic mass is 9.95. The molecule has 1 N–H and O–H groups in total. The van der Waals surface area contributed by atoms with Gasteiger partial charge in [-0.15, -0.1) is 0 Å². The van der Waals surface area contributed by atoms with Gasteiger partial charge in [-0.05, 0) is 32.1 Å². The van der Waals surface area contributed by atoms with Crippen LogP contribution in [0.25, 0.3) is 11.4 Å². The first-order valence-corrected chi connectivity index (χ1v) is 11.4. The summed E-state index contributed by atoms with van der Waals surface area (Å²) < 4.78 is 11.0. The second kappa shape index (κ2) is 9.32. The first kappa shape index (κ1) is 20.4. The van der Waals surface area contributed by atoms with Crippen LogP contribution in [0.4, 0.5) is 5.82 Å². The molecule has 0 radical (unpaired) electrons. The molecule has 7 nitrogen and oxygen atoms in total. The van der Waals surface area contributed by atoms with Crippen LogP contribution in [0, 0.1) is 5.92 Å². The number of carbonyl (C=O) groups is 1. The number of amides is 1. The summed E-state index contributed by atoms with van der Waals surface area (Å²) in [5, 5.41) is 3.06. The van der Waals surface area contributed by atoms with Crippen LogP contribution in [-0.2, 0) is 27.1 Å². The lowest BCUT2D eigenvalue weighted by Gasteiger charge is -2.33. The summed E-state index contributed by atoms with van der Waals surface area (Å²) in [6, 6.07) is 10.2. The molecule has 0 saturated carbocycles. The number of piperidine rings is 1. The smallest absolute Gasteiger partial charge is 0.223 e. The third-order valence-electron chi connectivity index (χ3n) is 6.50. The number of benzene rings is 1. The molecule has 2 aromatic rings. The molecule has 0 bridgehead atoms. The first-order valence-electron chi connectivity index (χ1n) is 11.4. The topological polar surface area (TPSA) is 76.6 Å². The summed E-state index contributed by atoms with van der Waals surface area (Å²) in [5.74, 6) is 2.06. The first-order chi connectivity index (χ1) is 15.3. The fourth-order valence-corrected chi connectivity index (χ4v) is 4.76.